The fraction of sp³-hybridized carbons (Fsp3) is 0.944. The highest BCUT2D eigenvalue weighted by Crippen LogP contribution is 2.76. The maximum Gasteiger partial charge on any atom is 0.265 e. The minimum absolute atomic E-state index is 0. The Hall–Kier alpha value is -0.470. The van der Waals surface area contributed by atoms with Gasteiger partial charge < -0.3 is 55.5 Å². The quantitative estimate of drug-likeness (QED) is 0.132. The van der Waals surface area contributed by atoms with Gasteiger partial charge in [0, 0.05) is 0 Å². The fourth-order valence-corrected chi connectivity index (χ4v) is 12.9. The summed E-state index contributed by atoms with van der Waals surface area (Å²) in [5.41, 5.74) is -0.764. The Morgan fingerprint density at radius 3 is 2.18 bits per heavy atom. The number of hydrogen-bond acceptors (Lipinski definition) is 10. The van der Waals surface area contributed by atoms with Gasteiger partial charge in [-0.1, -0.05) is 46.3 Å². The number of phosphoric ester groups is 1. The molecule has 286 valence electrons. The molecule has 16 atom stereocenters. The highest BCUT2D eigenvalue weighted by molar-refractivity contribution is 7.44. The van der Waals surface area contributed by atoms with Gasteiger partial charge in [0.15, 0.2) is 6.29 Å². The molecule has 5 unspecified atom stereocenters. The summed E-state index contributed by atoms with van der Waals surface area (Å²) in [5, 5.41) is 54.1. The molecule has 10 N–H and O–H groups in total. The lowest BCUT2D eigenvalue weighted by Crippen LogP contribution is -2.67. The van der Waals surface area contributed by atoms with E-state index in [1.165, 1.54) is 5.57 Å². The summed E-state index contributed by atoms with van der Waals surface area (Å²) in [6.07, 6.45) is 0.607. The van der Waals surface area contributed by atoms with Crippen LogP contribution in [-0.2, 0) is 18.6 Å². The molecule has 5 aliphatic rings. The van der Waals surface area contributed by atoms with Crippen LogP contribution >= 0.6 is 7.82 Å². The summed E-state index contributed by atoms with van der Waals surface area (Å²) in [5.74, 6) is 0.0983. The minimum atomic E-state index is -4.90. The lowest BCUT2D eigenvalue weighted by molar-refractivity contribution is -0.336. The van der Waals surface area contributed by atoms with Gasteiger partial charge >= 0.3 is 0 Å². The van der Waals surface area contributed by atoms with Crippen LogP contribution in [0.5, 0.6) is 0 Å². The van der Waals surface area contributed by atoms with Gasteiger partial charge in [0.2, 0.25) is 0 Å². The van der Waals surface area contributed by atoms with E-state index in [-0.39, 0.29) is 46.1 Å². The van der Waals surface area contributed by atoms with Gasteiger partial charge in [0.05, 0.1) is 24.4 Å². The molecule has 12 nitrogen and oxygen atoms in total. The summed E-state index contributed by atoms with van der Waals surface area (Å²) in [7, 11) is -4.90. The number of rotatable bonds is 9. The Morgan fingerprint density at radius 2 is 1.59 bits per heavy atom. The highest BCUT2D eigenvalue weighted by atomic mass is 31.2. The van der Waals surface area contributed by atoms with Crippen LogP contribution in [0.2, 0.25) is 0 Å². The lowest BCUT2D eigenvalue weighted by atomic mass is 9.35. The first kappa shape index (κ1) is 41.3. The van der Waals surface area contributed by atoms with Crippen molar-refractivity contribution < 1.29 is 53.9 Å². The van der Waals surface area contributed by atoms with Crippen molar-refractivity contribution in [3.63, 3.8) is 0 Å². The zero-order valence-corrected chi connectivity index (χ0v) is 32.1. The monoisotopic (exact) mass is 719 g/mol. The second-order valence-electron chi connectivity index (χ2n) is 17.8. The van der Waals surface area contributed by atoms with Crippen molar-refractivity contribution in [3.05, 3.63) is 11.6 Å². The third kappa shape index (κ3) is 6.90. The first-order valence-electron chi connectivity index (χ1n) is 18.1. The van der Waals surface area contributed by atoms with Crippen LogP contribution in [0.4, 0.5) is 0 Å². The van der Waals surface area contributed by atoms with Crippen LogP contribution in [0.25, 0.3) is 0 Å². The Bertz CT molecular complexity index is 1260. The molecular formula is C36H66NO11P. The third-order valence-corrected chi connectivity index (χ3v) is 15.3. The molecule has 1 aliphatic heterocycles. The van der Waals surface area contributed by atoms with Crippen LogP contribution in [0.15, 0.2) is 11.6 Å². The Labute approximate surface area is 292 Å². The second-order valence-corrected chi connectivity index (χ2v) is 19.0. The molecule has 0 amide bonds. The van der Waals surface area contributed by atoms with Crippen molar-refractivity contribution in [1.29, 1.82) is 0 Å². The van der Waals surface area contributed by atoms with Crippen molar-refractivity contribution >= 4 is 7.82 Å². The van der Waals surface area contributed by atoms with E-state index in [2.05, 4.69) is 40.7 Å². The van der Waals surface area contributed by atoms with Crippen LogP contribution in [-0.4, -0.2) is 85.5 Å². The fourth-order valence-electron chi connectivity index (χ4n) is 12.2. The number of quaternary nitrogens is 1. The van der Waals surface area contributed by atoms with Crippen LogP contribution in [0.1, 0.15) is 113 Å². The lowest BCUT2D eigenvalue weighted by Gasteiger charge is -2.70. The molecule has 0 aromatic carbocycles. The molecule has 0 spiro atoms. The molecule has 5 fully saturated rings. The van der Waals surface area contributed by atoms with Crippen LogP contribution in [0.3, 0.4) is 0 Å². The van der Waals surface area contributed by atoms with E-state index in [9.17, 15) is 39.9 Å². The molecule has 0 bridgehead atoms. The van der Waals surface area contributed by atoms with Crippen molar-refractivity contribution in [2.24, 2.45) is 45.3 Å². The van der Waals surface area contributed by atoms with Crippen molar-refractivity contribution in [3.8, 4) is 0 Å². The summed E-state index contributed by atoms with van der Waals surface area (Å²) >= 11 is 0. The Kier molecular flexibility index (Phi) is 11.9. The predicted octanol–water partition coefficient (Wildman–Crippen LogP) is 4.19. The maximum atomic E-state index is 12.3. The van der Waals surface area contributed by atoms with Crippen molar-refractivity contribution in [2.75, 3.05) is 6.61 Å². The van der Waals surface area contributed by atoms with Crippen molar-refractivity contribution in [1.82, 2.24) is 6.15 Å². The molecule has 0 radical (unpaired) electrons. The summed E-state index contributed by atoms with van der Waals surface area (Å²) < 4.78 is 29.7. The number of ether oxygens (including phenoxy) is 2. The topological polar surface area (TPSA) is 226 Å². The molecule has 4 aliphatic carbocycles. The average molecular weight is 720 g/mol. The normalized spacial score (nSPS) is 48.5. The number of aliphatic hydroxyl groups is 5. The van der Waals surface area contributed by atoms with E-state index >= 15 is 0 Å². The Morgan fingerprint density at radius 1 is 0.959 bits per heavy atom. The molecule has 0 aromatic heterocycles. The van der Waals surface area contributed by atoms with Gasteiger partial charge in [0.1, 0.15) is 24.4 Å². The summed E-state index contributed by atoms with van der Waals surface area (Å²) in [6.45, 7) is 16.7. The van der Waals surface area contributed by atoms with E-state index in [0.29, 0.717) is 25.7 Å². The summed E-state index contributed by atoms with van der Waals surface area (Å²) in [6, 6.07) is 0. The van der Waals surface area contributed by atoms with Gasteiger partial charge in [-0.3, -0.25) is 4.57 Å². The van der Waals surface area contributed by atoms with E-state index in [0.717, 1.165) is 32.1 Å². The zero-order valence-electron chi connectivity index (χ0n) is 31.2. The number of allylic oxidation sites excluding steroid dienone is 2. The van der Waals surface area contributed by atoms with Gasteiger partial charge in [-0.25, -0.2) is 0 Å². The molecule has 49 heavy (non-hydrogen) atoms. The second kappa shape index (κ2) is 14.1. The number of fused-ring (bicyclic) bond motifs is 5. The molecule has 5 rings (SSSR count). The van der Waals surface area contributed by atoms with E-state index in [1.54, 1.807) is 0 Å². The van der Waals surface area contributed by atoms with Gasteiger partial charge in [-0.2, -0.15) is 0 Å². The first-order valence-corrected chi connectivity index (χ1v) is 19.6. The largest absolute Gasteiger partial charge is 0.756 e. The van der Waals surface area contributed by atoms with E-state index in [1.807, 2.05) is 20.8 Å². The van der Waals surface area contributed by atoms with Gasteiger partial charge in [-0.05, 0) is 124 Å². The van der Waals surface area contributed by atoms with Crippen LogP contribution in [0, 0.1) is 45.3 Å². The van der Waals surface area contributed by atoms with Gasteiger partial charge in [-0.15, -0.1) is 0 Å². The molecule has 4 saturated carbocycles. The number of hydrogen-bond donors (Lipinski definition) is 7. The first-order chi connectivity index (χ1) is 22.1. The third-order valence-electron chi connectivity index (χ3n) is 14.8. The van der Waals surface area contributed by atoms with Crippen LogP contribution < -0.4 is 11.0 Å². The maximum absolute atomic E-state index is 12.3. The molecular weight excluding hydrogens is 653 g/mol. The predicted molar refractivity (Wildman–Crippen MR) is 183 cm³/mol. The van der Waals surface area contributed by atoms with E-state index < -0.39 is 68.4 Å². The van der Waals surface area contributed by atoms with E-state index in [4.69, 9.17) is 14.0 Å². The van der Waals surface area contributed by atoms with Gasteiger partial charge in [0.25, 0.3) is 7.82 Å². The minimum Gasteiger partial charge on any atom is -0.756 e. The molecule has 1 heterocycles. The zero-order chi connectivity index (χ0) is 35.8. The smallest absolute Gasteiger partial charge is 0.265 e. The standard InChI is InChI=1S/C36H63O11P.H3N/c1-20(2)10-9-14-36(8,46-31-30(41)29(40)28(39)23(19-37)45-31)21-11-16-35(7)27(21)22(38)18-25-33(5)15-13-26(47-48(42,43)44)32(3,4)24(33)12-17-34(25,35)6;/h10,21-31,37-41H,9,11-19H2,1-8H3,(H2,42,43,44);1H3/t21?,22-,23-,24?,25?,26+,27?,28-,29+,30-,31+,33+,34-,35-,36+;/m1./s1. The highest BCUT2D eigenvalue weighted by Gasteiger charge is 2.72. The summed E-state index contributed by atoms with van der Waals surface area (Å²) in [4.78, 5) is 21.4. The number of phosphoric acid groups is 1. The SMILES string of the molecule is CC(C)=CCC[C@](C)(O[C@@H]1O[C@H](CO)[C@@H](O)[C@H](O)[C@H]1O)C1CC[C@]2(C)C1[C@H](O)CC1[C@@]3(C)CC[C@H](OP(=O)([O-])O)C(C)(C)C3CC[C@]12C.[NH4+]. The molecule has 0 aromatic rings. The molecule has 13 heteroatoms. The molecule has 1 saturated heterocycles. The average Bonchev–Trinajstić information content (AvgIpc) is 3.36. The van der Waals surface area contributed by atoms with Crippen molar-refractivity contribution in [2.45, 2.75) is 162 Å². The Balaban J connectivity index is 0.00000541. The number of aliphatic hydroxyl groups excluding tert-OH is 5.